The second-order valence-corrected chi connectivity index (χ2v) is 87.4. The third-order valence-corrected chi connectivity index (χ3v) is 102. The maximum absolute atomic E-state index is 3.17. The zero-order valence-electron chi connectivity index (χ0n) is 22.4. The van der Waals surface area contributed by atoms with Crippen molar-refractivity contribution in [1.29, 1.82) is 0 Å². The van der Waals surface area contributed by atoms with Gasteiger partial charge in [-0.05, 0) is 0 Å². The van der Waals surface area contributed by atoms with E-state index in [1.54, 1.807) is 0 Å². The molecule has 0 radical (unpaired) electrons. The van der Waals surface area contributed by atoms with Crippen LogP contribution in [0.4, 0.5) is 0 Å². The third kappa shape index (κ3) is 5.03. The summed E-state index contributed by atoms with van der Waals surface area (Å²) >= 11 is 6.23. The van der Waals surface area contributed by atoms with E-state index in [-0.39, 0.29) is 0 Å². The van der Waals surface area contributed by atoms with Crippen molar-refractivity contribution in [2.24, 2.45) is 0 Å². The fourth-order valence-electron chi connectivity index (χ4n) is 5.81. The number of hydrogen-bond donors (Lipinski definition) is 0. The summed E-state index contributed by atoms with van der Waals surface area (Å²) in [5.41, 5.74) is 0. The average Bonchev–Trinajstić information content (AvgIpc) is 3.05. The standard InChI is InChI=1S/2C18H15P.2HI.Pt/c2*1-4-10-16(11-5-1)19(17-12-6-2-7-13-17)18-14-8-3-9-15-18;;;/h2*1-15H;2*1H;. The van der Waals surface area contributed by atoms with Gasteiger partial charge in [0.15, 0.2) is 0 Å². The molecule has 0 saturated carbocycles. The van der Waals surface area contributed by atoms with E-state index < -0.39 is 18.4 Å². The van der Waals surface area contributed by atoms with E-state index in [4.69, 9.17) is 0 Å². The summed E-state index contributed by atoms with van der Waals surface area (Å²) in [4.78, 5) is 0. The Balaban J connectivity index is 1.86. The fraction of sp³-hybridized carbons (Fsp3) is 0. The van der Waals surface area contributed by atoms with Crippen molar-refractivity contribution in [1.82, 2.24) is 0 Å². The number of halogens is 2. The molecule has 0 N–H and O–H groups in total. The Hall–Kier alpha value is -1.67. The van der Waals surface area contributed by atoms with Gasteiger partial charge in [-0.3, -0.25) is 0 Å². The summed E-state index contributed by atoms with van der Waals surface area (Å²) in [5.74, 6) is 0. The van der Waals surface area contributed by atoms with E-state index in [0.29, 0.717) is 0 Å². The van der Waals surface area contributed by atoms with Gasteiger partial charge in [-0.2, -0.15) is 0 Å². The Labute approximate surface area is 268 Å². The van der Waals surface area contributed by atoms with E-state index >= 15 is 0 Å². The normalized spacial score (nSPS) is 13.3. The fourth-order valence-corrected chi connectivity index (χ4v) is 119. The van der Waals surface area contributed by atoms with Gasteiger partial charge in [-0.15, -0.1) is 0 Å². The average molecular weight is 975 g/mol. The van der Waals surface area contributed by atoms with Gasteiger partial charge in [-0.25, -0.2) is 0 Å². The Bertz CT molecular complexity index is 1360. The van der Waals surface area contributed by atoms with Crippen LogP contribution in [-0.4, -0.2) is 0 Å². The first-order chi connectivity index (χ1) is 20.1. The molecule has 0 spiro atoms. The van der Waals surface area contributed by atoms with Gasteiger partial charge >= 0.3 is 271 Å². The Morgan fingerprint density at radius 3 is 0.561 bits per heavy atom. The molecular formula is C36H32I2P2Pt. The van der Waals surface area contributed by atoms with Gasteiger partial charge < -0.3 is 0 Å². The summed E-state index contributed by atoms with van der Waals surface area (Å²) in [5, 5.41) is 3.83. The van der Waals surface area contributed by atoms with Crippen molar-refractivity contribution < 1.29 is 7.68 Å². The Morgan fingerprint density at radius 2 is 0.415 bits per heavy atom. The van der Waals surface area contributed by atoms with Crippen LogP contribution >= 0.6 is 49.4 Å². The molecule has 0 heterocycles. The van der Waals surface area contributed by atoms with Gasteiger partial charge in [0.25, 0.3) is 0 Å². The molecular weight excluding hydrogens is 943 g/mol. The molecule has 0 atom stereocenters. The summed E-state index contributed by atoms with van der Waals surface area (Å²) in [7, 11) is -3.17. The molecule has 0 aromatic heterocycles. The molecule has 210 valence electrons. The van der Waals surface area contributed by atoms with E-state index in [1.165, 1.54) is 31.8 Å². The van der Waals surface area contributed by atoms with Crippen molar-refractivity contribution in [3.05, 3.63) is 182 Å². The zero-order valence-corrected chi connectivity index (χ0v) is 31.0. The molecule has 0 bridgehead atoms. The van der Waals surface area contributed by atoms with Gasteiger partial charge in [0, 0.05) is 0 Å². The van der Waals surface area contributed by atoms with Crippen LogP contribution in [0, 0.1) is 0 Å². The van der Waals surface area contributed by atoms with Gasteiger partial charge in [0.05, 0.1) is 0 Å². The van der Waals surface area contributed by atoms with E-state index in [0.717, 1.165) is 0 Å². The molecule has 6 aromatic rings. The first kappa shape index (κ1) is 29.4. The molecule has 0 aliphatic heterocycles. The third-order valence-electron chi connectivity index (χ3n) is 7.52. The quantitative estimate of drug-likeness (QED) is 0.107. The van der Waals surface area contributed by atoms with Crippen LogP contribution < -0.4 is 31.8 Å². The molecule has 5 heteroatoms. The summed E-state index contributed by atoms with van der Waals surface area (Å²) in [6, 6.07) is 69.3. The van der Waals surface area contributed by atoms with E-state index in [1.807, 2.05) is 0 Å². The molecule has 0 aliphatic carbocycles. The van der Waals surface area contributed by atoms with Crippen LogP contribution in [-0.2, 0) is 7.68 Å². The molecule has 0 nitrogen and oxygen atoms in total. The van der Waals surface area contributed by atoms with Crippen molar-refractivity contribution in [3.63, 3.8) is 0 Å². The topological polar surface area (TPSA) is 0 Å². The van der Waals surface area contributed by atoms with Gasteiger partial charge in [0.1, 0.15) is 0 Å². The number of hydrogen-bond acceptors (Lipinski definition) is 0. The van der Waals surface area contributed by atoms with Crippen LogP contribution in [0.5, 0.6) is 0 Å². The molecule has 6 aromatic carbocycles. The van der Waals surface area contributed by atoms with E-state index in [9.17, 15) is 0 Å². The van der Waals surface area contributed by atoms with Crippen molar-refractivity contribution in [3.8, 4) is 0 Å². The second-order valence-electron chi connectivity index (χ2n) is 9.78. The van der Waals surface area contributed by atoms with Crippen LogP contribution in [0.25, 0.3) is 0 Å². The van der Waals surface area contributed by atoms with Crippen LogP contribution in [0.15, 0.2) is 182 Å². The predicted octanol–water partition coefficient (Wildman–Crippen LogP) is 8.12. The minimum absolute atomic E-state index is 1.51. The molecule has 0 saturated heterocycles. The maximum atomic E-state index is 3.12. The summed E-state index contributed by atoms with van der Waals surface area (Å²) < 4.78 is 0. The monoisotopic (exact) mass is 975 g/mol. The van der Waals surface area contributed by atoms with Crippen LogP contribution in [0.2, 0.25) is 0 Å². The minimum atomic E-state index is -3.17. The van der Waals surface area contributed by atoms with Crippen molar-refractivity contribution in [2.45, 2.75) is 0 Å². The van der Waals surface area contributed by atoms with Crippen LogP contribution in [0.1, 0.15) is 0 Å². The van der Waals surface area contributed by atoms with Crippen molar-refractivity contribution in [2.75, 3.05) is 0 Å². The molecule has 0 fully saturated rings. The van der Waals surface area contributed by atoms with E-state index in [2.05, 4.69) is 221 Å². The van der Waals surface area contributed by atoms with Gasteiger partial charge in [-0.1, -0.05) is 0 Å². The molecule has 0 unspecified atom stereocenters. The number of rotatable bonds is 8. The predicted molar refractivity (Wildman–Crippen MR) is 201 cm³/mol. The summed E-state index contributed by atoms with van der Waals surface area (Å²) in [6.07, 6.45) is 0. The molecule has 6 rings (SSSR count). The Morgan fingerprint density at radius 1 is 0.268 bits per heavy atom. The molecule has 41 heavy (non-hydrogen) atoms. The SMILES string of the molecule is [I][Pt]([I])([PH](c1ccccc1)(c1ccccc1)c1ccccc1)[PH](c1ccccc1)(c1ccccc1)c1ccccc1. The summed E-state index contributed by atoms with van der Waals surface area (Å²) in [6.45, 7) is 0. The molecule has 0 aliphatic rings. The second kappa shape index (κ2) is 12.9. The first-order valence-corrected chi connectivity index (χ1v) is 36.9. The number of benzene rings is 6. The molecule has 0 amide bonds. The Kier molecular flexibility index (Phi) is 9.26. The zero-order chi connectivity index (χ0) is 28.2. The van der Waals surface area contributed by atoms with Crippen molar-refractivity contribution >= 4 is 81.2 Å². The van der Waals surface area contributed by atoms with Gasteiger partial charge in [0.2, 0.25) is 0 Å². The first-order valence-electron chi connectivity index (χ1n) is 13.5. The van der Waals surface area contributed by atoms with Crippen LogP contribution in [0.3, 0.4) is 0 Å².